The van der Waals surface area contributed by atoms with E-state index in [1.165, 1.54) is 83.0 Å². The smallest absolute Gasteiger partial charge is 0.0146 e. The summed E-state index contributed by atoms with van der Waals surface area (Å²) in [5.74, 6) is 3.68. The van der Waals surface area contributed by atoms with E-state index >= 15 is 0 Å². The molecule has 2 saturated heterocycles. The molecule has 0 aromatic heterocycles. The molecular weight excluding hydrogens is 340 g/mol. The number of hydrogen-bond donors (Lipinski definition) is 1. The van der Waals surface area contributed by atoms with Crippen LogP contribution in [0.2, 0.25) is 0 Å². The standard InChI is InChI=1S/C9H17N.C9H18.C8H17N/c1-7(2)9-4-5-10-8(3)6-9;2*1-8(2)9-6-4-3-5-7-9/h7,9-10H,3-6H2,1-2H3;8-9H,3-7H2,1-2H3;8H,3-7H2,1-2H3. The third-order valence-electron chi connectivity index (χ3n) is 7.06. The summed E-state index contributed by atoms with van der Waals surface area (Å²) >= 11 is 0. The lowest BCUT2D eigenvalue weighted by molar-refractivity contribution is 0.185. The molecule has 2 nitrogen and oxygen atoms in total. The minimum absolute atomic E-state index is 0.769. The number of nitrogens with one attached hydrogen (secondary N) is 1. The number of hydrogen-bond acceptors (Lipinski definition) is 2. The molecule has 3 aliphatic rings. The highest BCUT2D eigenvalue weighted by Crippen LogP contribution is 2.29. The number of piperidine rings is 2. The van der Waals surface area contributed by atoms with Gasteiger partial charge >= 0.3 is 0 Å². The van der Waals surface area contributed by atoms with Gasteiger partial charge in [0.1, 0.15) is 0 Å². The molecule has 0 amide bonds. The van der Waals surface area contributed by atoms with Gasteiger partial charge in [-0.25, -0.2) is 0 Å². The van der Waals surface area contributed by atoms with Gasteiger partial charge in [-0.2, -0.15) is 0 Å². The Labute approximate surface area is 177 Å². The summed E-state index contributed by atoms with van der Waals surface area (Å²) < 4.78 is 0. The van der Waals surface area contributed by atoms with Crippen LogP contribution in [-0.2, 0) is 0 Å². The highest BCUT2D eigenvalue weighted by molar-refractivity contribution is 4.97. The van der Waals surface area contributed by atoms with Gasteiger partial charge in [-0.15, -0.1) is 0 Å². The van der Waals surface area contributed by atoms with E-state index in [2.05, 4.69) is 58.3 Å². The molecule has 0 aromatic carbocycles. The Balaban J connectivity index is 0.000000210. The maximum Gasteiger partial charge on any atom is 0.0146 e. The van der Waals surface area contributed by atoms with Gasteiger partial charge in [0.25, 0.3) is 0 Å². The summed E-state index contributed by atoms with van der Waals surface area (Å²) in [5.41, 5.74) is 1.23. The van der Waals surface area contributed by atoms with Crippen LogP contribution in [0.1, 0.15) is 106 Å². The van der Waals surface area contributed by atoms with Crippen LogP contribution in [0.5, 0.6) is 0 Å². The highest BCUT2D eigenvalue weighted by atomic mass is 15.1. The lowest BCUT2D eigenvalue weighted by atomic mass is 9.82. The molecule has 3 fully saturated rings. The Hall–Kier alpha value is -0.500. The second-order valence-corrected chi connectivity index (χ2v) is 10.4. The first-order valence-corrected chi connectivity index (χ1v) is 12.5. The molecule has 2 aliphatic heterocycles. The van der Waals surface area contributed by atoms with E-state index in [0.29, 0.717) is 0 Å². The quantitative estimate of drug-likeness (QED) is 0.543. The third-order valence-corrected chi connectivity index (χ3v) is 7.06. The van der Waals surface area contributed by atoms with Crippen LogP contribution in [0.25, 0.3) is 0 Å². The molecule has 0 aromatic rings. The van der Waals surface area contributed by atoms with Crippen LogP contribution in [0.4, 0.5) is 0 Å². The van der Waals surface area contributed by atoms with Crippen LogP contribution >= 0.6 is 0 Å². The van der Waals surface area contributed by atoms with E-state index in [4.69, 9.17) is 0 Å². The van der Waals surface area contributed by atoms with E-state index < -0.39 is 0 Å². The van der Waals surface area contributed by atoms with E-state index in [0.717, 1.165) is 36.3 Å². The number of allylic oxidation sites excluding steroid dienone is 1. The molecule has 2 heterocycles. The Bertz CT molecular complexity index is 365. The summed E-state index contributed by atoms with van der Waals surface area (Å²) in [5, 5.41) is 3.27. The largest absolute Gasteiger partial charge is 0.389 e. The monoisotopic (exact) mass is 392 g/mol. The van der Waals surface area contributed by atoms with Crippen molar-refractivity contribution in [2.24, 2.45) is 23.7 Å². The Morgan fingerprint density at radius 3 is 1.64 bits per heavy atom. The number of rotatable bonds is 3. The zero-order valence-corrected chi connectivity index (χ0v) is 20.2. The summed E-state index contributed by atoms with van der Waals surface area (Å²) in [6.07, 6.45) is 14.2. The van der Waals surface area contributed by atoms with Gasteiger partial charge in [0.2, 0.25) is 0 Å². The first-order chi connectivity index (χ1) is 13.3. The van der Waals surface area contributed by atoms with E-state index in [9.17, 15) is 0 Å². The predicted molar refractivity (Wildman–Crippen MR) is 127 cm³/mol. The molecule has 166 valence electrons. The van der Waals surface area contributed by atoms with Crippen molar-refractivity contribution < 1.29 is 0 Å². The summed E-state index contributed by atoms with van der Waals surface area (Å²) in [4.78, 5) is 2.56. The predicted octanol–water partition coefficient (Wildman–Crippen LogP) is 7.26. The van der Waals surface area contributed by atoms with Gasteiger partial charge in [0.05, 0.1) is 0 Å². The third kappa shape index (κ3) is 10.9. The Morgan fingerprint density at radius 1 is 0.750 bits per heavy atom. The van der Waals surface area contributed by atoms with Crippen molar-refractivity contribution in [1.82, 2.24) is 10.2 Å². The molecule has 3 rings (SSSR count). The molecule has 0 spiro atoms. The van der Waals surface area contributed by atoms with Crippen molar-refractivity contribution >= 4 is 0 Å². The minimum atomic E-state index is 0.769. The second-order valence-electron chi connectivity index (χ2n) is 10.4. The average molecular weight is 393 g/mol. The van der Waals surface area contributed by atoms with Crippen LogP contribution in [0.15, 0.2) is 12.3 Å². The lowest BCUT2D eigenvalue weighted by Gasteiger charge is -2.29. The maximum atomic E-state index is 3.94. The topological polar surface area (TPSA) is 15.3 Å². The summed E-state index contributed by atoms with van der Waals surface area (Å²) in [6, 6.07) is 0.769. The number of likely N-dealkylation sites (tertiary alicyclic amines) is 1. The van der Waals surface area contributed by atoms with E-state index in [1.54, 1.807) is 0 Å². The van der Waals surface area contributed by atoms with Crippen molar-refractivity contribution in [3.8, 4) is 0 Å². The molecule has 1 unspecified atom stereocenters. The van der Waals surface area contributed by atoms with Crippen LogP contribution in [0, 0.1) is 23.7 Å². The fourth-order valence-corrected chi connectivity index (χ4v) is 4.73. The lowest BCUT2D eigenvalue weighted by Crippen LogP contribution is -2.35. The van der Waals surface area contributed by atoms with Crippen molar-refractivity contribution in [2.45, 2.75) is 112 Å². The van der Waals surface area contributed by atoms with E-state index in [-0.39, 0.29) is 0 Å². The van der Waals surface area contributed by atoms with Gasteiger partial charge in [0.15, 0.2) is 0 Å². The fourth-order valence-electron chi connectivity index (χ4n) is 4.73. The first-order valence-electron chi connectivity index (χ1n) is 12.5. The molecule has 28 heavy (non-hydrogen) atoms. The zero-order valence-electron chi connectivity index (χ0n) is 20.2. The SMILES string of the molecule is C=C1CC(C(C)C)CCN1.CC(C)C1CCCCC1.CC(C)N1CCCCC1. The van der Waals surface area contributed by atoms with Gasteiger partial charge < -0.3 is 10.2 Å². The Kier molecular flexibility index (Phi) is 13.2. The average Bonchev–Trinajstić information content (AvgIpc) is 2.70. The molecule has 2 heteroatoms. The van der Waals surface area contributed by atoms with Crippen molar-refractivity contribution in [1.29, 1.82) is 0 Å². The van der Waals surface area contributed by atoms with Crippen LogP contribution in [-0.4, -0.2) is 30.6 Å². The van der Waals surface area contributed by atoms with Gasteiger partial charge in [-0.1, -0.05) is 72.8 Å². The summed E-state index contributed by atoms with van der Waals surface area (Å²) in [7, 11) is 0. The molecule has 1 atom stereocenters. The maximum absolute atomic E-state index is 3.94. The van der Waals surface area contributed by atoms with Crippen molar-refractivity contribution in [3.63, 3.8) is 0 Å². The van der Waals surface area contributed by atoms with Crippen molar-refractivity contribution in [2.75, 3.05) is 19.6 Å². The Morgan fingerprint density at radius 2 is 1.29 bits per heavy atom. The van der Waals surface area contributed by atoms with E-state index in [1.807, 2.05) is 0 Å². The molecule has 1 saturated carbocycles. The molecule has 1 aliphatic carbocycles. The molecule has 1 N–H and O–H groups in total. The fraction of sp³-hybridized carbons (Fsp3) is 0.923. The molecule has 0 bridgehead atoms. The summed E-state index contributed by atoms with van der Waals surface area (Å²) in [6.45, 7) is 21.6. The zero-order chi connectivity index (χ0) is 20.9. The molecule has 0 radical (unpaired) electrons. The second kappa shape index (κ2) is 14.5. The van der Waals surface area contributed by atoms with Crippen LogP contribution < -0.4 is 5.32 Å². The van der Waals surface area contributed by atoms with Crippen LogP contribution in [0.3, 0.4) is 0 Å². The van der Waals surface area contributed by atoms with Crippen molar-refractivity contribution in [3.05, 3.63) is 12.3 Å². The first kappa shape index (κ1) is 25.5. The van der Waals surface area contributed by atoms with Gasteiger partial charge in [-0.05, 0) is 76.3 Å². The normalized spacial score (nSPS) is 24.3. The van der Waals surface area contributed by atoms with Gasteiger partial charge in [-0.3, -0.25) is 0 Å². The minimum Gasteiger partial charge on any atom is -0.389 e. The molecular formula is C26H52N2. The number of nitrogens with zero attached hydrogens (tertiary/aromatic N) is 1. The highest BCUT2D eigenvalue weighted by Gasteiger charge is 2.18. The van der Waals surface area contributed by atoms with Gasteiger partial charge in [0, 0.05) is 18.3 Å².